The molecule has 1 amide bonds. The minimum Gasteiger partial charge on any atom is -0.507 e. The molecule has 20 heavy (non-hydrogen) atoms. The number of anilines is 1. The Morgan fingerprint density at radius 3 is 2.65 bits per heavy atom. The van der Waals surface area contributed by atoms with Crippen molar-refractivity contribution in [1.82, 2.24) is 0 Å². The highest BCUT2D eigenvalue weighted by atomic mass is 16.3. The van der Waals surface area contributed by atoms with Crippen molar-refractivity contribution in [3.05, 3.63) is 59.2 Å². The van der Waals surface area contributed by atoms with E-state index in [2.05, 4.69) is 5.32 Å². The summed E-state index contributed by atoms with van der Waals surface area (Å²) in [5, 5.41) is 12.6. The molecular formula is C16H18N2O2. The number of nitrogens with one attached hydrogen (secondary N) is 1. The van der Waals surface area contributed by atoms with Gasteiger partial charge in [-0.05, 0) is 49.2 Å². The van der Waals surface area contributed by atoms with Crippen LogP contribution in [0.4, 0.5) is 5.69 Å². The fraction of sp³-hybridized carbons (Fsp3) is 0.188. The summed E-state index contributed by atoms with van der Waals surface area (Å²) in [7, 11) is 0. The fourth-order valence-electron chi connectivity index (χ4n) is 1.93. The average molecular weight is 270 g/mol. The van der Waals surface area contributed by atoms with E-state index in [4.69, 9.17) is 5.73 Å². The number of carbonyl (C=O) groups is 1. The summed E-state index contributed by atoms with van der Waals surface area (Å²) in [6.07, 6.45) is 0. The standard InChI is InChI=1S/C16H18N2O2/c1-10-6-7-14(15(19)8-10)16(20)18-13-5-3-4-12(9-13)11(2)17/h3-9,11,19H,17H2,1-2H3,(H,18,20). The largest absolute Gasteiger partial charge is 0.507 e. The van der Waals surface area contributed by atoms with Gasteiger partial charge in [0.05, 0.1) is 5.56 Å². The summed E-state index contributed by atoms with van der Waals surface area (Å²) in [6, 6.07) is 12.2. The molecular weight excluding hydrogens is 252 g/mol. The number of phenols is 1. The van der Waals surface area contributed by atoms with Crippen LogP contribution in [0, 0.1) is 6.92 Å². The van der Waals surface area contributed by atoms with Gasteiger partial charge in [-0.25, -0.2) is 0 Å². The molecule has 0 fully saturated rings. The van der Waals surface area contributed by atoms with E-state index in [1.165, 1.54) is 0 Å². The van der Waals surface area contributed by atoms with Crippen molar-refractivity contribution in [3.8, 4) is 5.75 Å². The van der Waals surface area contributed by atoms with Gasteiger partial charge in [0, 0.05) is 11.7 Å². The number of amides is 1. The molecule has 4 heteroatoms. The van der Waals surface area contributed by atoms with Crippen molar-refractivity contribution in [2.45, 2.75) is 19.9 Å². The molecule has 0 saturated heterocycles. The Bertz CT molecular complexity index is 636. The molecule has 0 saturated carbocycles. The smallest absolute Gasteiger partial charge is 0.259 e. The van der Waals surface area contributed by atoms with Crippen LogP contribution in [0.2, 0.25) is 0 Å². The minimum atomic E-state index is -0.343. The van der Waals surface area contributed by atoms with Crippen molar-refractivity contribution in [2.75, 3.05) is 5.32 Å². The second kappa shape index (κ2) is 5.75. The van der Waals surface area contributed by atoms with E-state index >= 15 is 0 Å². The monoisotopic (exact) mass is 270 g/mol. The second-order valence-corrected chi connectivity index (χ2v) is 4.89. The highest BCUT2D eigenvalue weighted by Gasteiger charge is 2.11. The van der Waals surface area contributed by atoms with E-state index in [9.17, 15) is 9.90 Å². The molecule has 0 bridgehead atoms. The van der Waals surface area contributed by atoms with E-state index in [0.717, 1.165) is 11.1 Å². The highest BCUT2D eigenvalue weighted by Crippen LogP contribution is 2.21. The molecule has 4 nitrogen and oxygen atoms in total. The number of phenolic OH excluding ortho intramolecular Hbond substituents is 1. The first-order chi connectivity index (χ1) is 9.47. The number of carbonyl (C=O) groups excluding carboxylic acids is 1. The summed E-state index contributed by atoms with van der Waals surface area (Å²) in [6.45, 7) is 3.74. The number of aromatic hydroxyl groups is 1. The van der Waals surface area contributed by atoms with Crippen molar-refractivity contribution < 1.29 is 9.90 Å². The average Bonchev–Trinajstić information content (AvgIpc) is 2.38. The summed E-state index contributed by atoms with van der Waals surface area (Å²) in [4.78, 5) is 12.1. The zero-order valence-electron chi connectivity index (χ0n) is 11.6. The third-order valence-electron chi connectivity index (χ3n) is 3.07. The van der Waals surface area contributed by atoms with Gasteiger partial charge >= 0.3 is 0 Å². The summed E-state index contributed by atoms with van der Waals surface area (Å²) < 4.78 is 0. The molecule has 2 rings (SSSR count). The van der Waals surface area contributed by atoms with Crippen LogP contribution in [0.3, 0.4) is 0 Å². The third kappa shape index (κ3) is 3.16. The molecule has 0 aromatic heterocycles. The van der Waals surface area contributed by atoms with Crippen LogP contribution in [0.25, 0.3) is 0 Å². The first-order valence-corrected chi connectivity index (χ1v) is 6.44. The van der Waals surface area contributed by atoms with Gasteiger partial charge in [0.2, 0.25) is 0 Å². The summed E-state index contributed by atoms with van der Waals surface area (Å²) in [5.41, 5.74) is 8.56. The molecule has 0 aliphatic heterocycles. The van der Waals surface area contributed by atoms with E-state index in [1.807, 2.05) is 32.0 Å². The zero-order valence-corrected chi connectivity index (χ0v) is 11.6. The first kappa shape index (κ1) is 14.1. The Kier molecular flexibility index (Phi) is 4.05. The summed E-state index contributed by atoms with van der Waals surface area (Å²) >= 11 is 0. The van der Waals surface area contributed by atoms with Crippen LogP contribution < -0.4 is 11.1 Å². The van der Waals surface area contributed by atoms with Crippen LogP contribution in [-0.2, 0) is 0 Å². The van der Waals surface area contributed by atoms with Gasteiger partial charge in [-0.2, -0.15) is 0 Å². The Labute approximate surface area is 118 Å². The molecule has 0 aliphatic rings. The van der Waals surface area contributed by atoms with Gasteiger partial charge in [-0.1, -0.05) is 18.2 Å². The van der Waals surface area contributed by atoms with Crippen LogP contribution in [-0.4, -0.2) is 11.0 Å². The lowest BCUT2D eigenvalue weighted by Crippen LogP contribution is -2.13. The molecule has 0 spiro atoms. The second-order valence-electron chi connectivity index (χ2n) is 4.89. The Balaban J connectivity index is 2.21. The first-order valence-electron chi connectivity index (χ1n) is 6.44. The van der Waals surface area contributed by atoms with Crippen molar-refractivity contribution >= 4 is 11.6 Å². The molecule has 104 valence electrons. The van der Waals surface area contributed by atoms with Gasteiger partial charge < -0.3 is 16.2 Å². The lowest BCUT2D eigenvalue weighted by molar-refractivity contribution is 0.102. The molecule has 1 atom stereocenters. The number of benzene rings is 2. The normalized spacial score (nSPS) is 11.9. The van der Waals surface area contributed by atoms with Gasteiger partial charge in [0.1, 0.15) is 5.75 Å². The van der Waals surface area contributed by atoms with Crippen LogP contribution in [0.5, 0.6) is 5.75 Å². The number of hydrogen-bond donors (Lipinski definition) is 3. The molecule has 0 heterocycles. The quantitative estimate of drug-likeness (QED) is 0.802. The van der Waals surface area contributed by atoms with Gasteiger partial charge in [-0.15, -0.1) is 0 Å². The predicted molar refractivity (Wildman–Crippen MR) is 79.8 cm³/mol. The van der Waals surface area contributed by atoms with E-state index < -0.39 is 0 Å². The lowest BCUT2D eigenvalue weighted by atomic mass is 10.1. The number of rotatable bonds is 3. The van der Waals surface area contributed by atoms with Gasteiger partial charge in [0.25, 0.3) is 5.91 Å². The molecule has 2 aromatic carbocycles. The van der Waals surface area contributed by atoms with Gasteiger partial charge in [0.15, 0.2) is 0 Å². The molecule has 0 radical (unpaired) electrons. The Morgan fingerprint density at radius 1 is 1.25 bits per heavy atom. The van der Waals surface area contributed by atoms with Crippen LogP contribution in [0.15, 0.2) is 42.5 Å². The van der Waals surface area contributed by atoms with E-state index in [1.54, 1.807) is 24.3 Å². The molecule has 4 N–H and O–H groups in total. The molecule has 0 aliphatic carbocycles. The topological polar surface area (TPSA) is 75.4 Å². The number of aryl methyl sites for hydroxylation is 1. The zero-order chi connectivity index (χ0) is 14.7. The number of hydrogen-bond acceptors (Lipinski definition) is 3. The van der Waals surface area contributed by atoms with E-state index in [-0.39, 0.29) is 23.3 Å². The predicted octanol–water partition coefficient (Wildman–Crippen LogP) is 2.97. The van der Waals surface area contributed by atoms with Crippen LogP contribution in [0.1, 0.15) is 34.5 Å². The highest BCUT2D eigenvalue weighted by molar-refractivity contribution is 6.06. The SMILES string of the molecule is Cc1ccc(C(=O)Nc2cccc(C(C)N)c2)c(O)c1. The Morgan fingerprint density at radius 2 is 2.00 bits per heavy atom. The maximum atomic E-state index is 12.1. The maximum absolute atomic E-state index is 12.1. The van der Waals surface area contributed by atoms with Crippen molar-refractivity contribution in [1.29, 1.82) is 0 Å². The molecule has 1 unspecified atom stereocenters. The minimum absolute atomic E-state index is 0.0224. The van der Waals surface area contributed by atoms with E-state index in [0.29, 0.717) is 5.69 Å². The summed E-state index contributed by atoms with van der Waals surface area (Å²) in [5.74, 6) is -0.366. The molecule has 2 aromatic rings. The maximum Gasteiger partial charge on any atom is 0.259 e. The third-order valence-corrected chi connectivity index (χ3v) is 3.07. The fourth-order valence-corrected chi connectivity index (χ4v) is 1.93. The lowest BCUT2D eigenvalue weighted by Gasteiger charge is -2.10. The van der Waals surface area contributed by atoms with Gasteiger partial charge in [-0.3, -0.25) is 4.79 Å². The number of nitrogens with two attached hydrogens (primary N) is 1. The van der Waals surface area contributed by atoms with Crippen molar-refractivity contribution in [2.24, 2.45) is 5.73 Å². The van der Waals surface area contributed by atoms with Crippen molar-refractivity contribution in [3.63, 3.8) is 0 Å². The van der Waals surface area contributed by atoms with Crippen LogP contribution >= 0.6 is 0 Å². The Hall–Kier alpha value is -2.33.